The van der Waals surface area contributed by atoms with Gasteiger partial charge in [0.2, 0.25) is 0 Å². The third-order valence-corrected chi connectivity index (χ3v) is 4.06. The summed E-state index contributed by atoms with van der Waals surface area (Å²) in [6.07, 6.45) is 0. The van der Waals surface area contributed by atoms with Gasteiger partial charge < -0.3 is 10.1 Å². The lowest BCUT2D eigenvalue weighted by atomic mass is 10.2. The van der Waals surface area contributed by atoms with Gasteiger partial charge in [0.05, 0.1) is 0 Å². The van der Waals surface area contributed by atoms with Crippen LogP contribution in [0.25, 0.3) is 10.6 Å². The van der Waals surface area contributed by atoms with Crippen molar-refractivity contribution < 1.29 is 9.53 Å². The molecule has 5 nitrogen and oxygen atoms in total. The highest BCUT2D eigenvalue weighted by atomic mass is 32.1. The Kier molecular flexibility index (Phi) is 4.84. The van der Waals surface area contributed by atoms with Crippen LogP contribution in [0.5, 0.6) is 5.75 Å². The van der Waals surface area contributed by atoms with Crippen LogP contribution in [0, 0.1) is 11.3 Å². The van der Waals surface area contributed by atoms with Gasteiger partial charge in [-0.25, -0.2) is 4.98 Å². The lowest BCUT2D eigenvalue weighted by Crippen LogP contribution is -2.12. The summed E-state index contributed by atoms with van der Waals surface area (Å²) in [6.45, 7) is -0.00715. The SMILES string of the molecule is N#CCOc1ccc(NC(=O)c2csc(-c3ccccc3)n2)cc1. The number of carbonyl (C=O) groups excluding carboxylic acids is 1. The highest BCUT2D eigenvalue weighted by Gasteiger charge is 2.12. The lowest BCUT2D eigenvalue weighted by molar-refractivity contribution is 0.102. The molecule has 0 saturated heterocycles. The van der Waals surface area contributed by atoms with Crippen molar-refractivity contribution in [3.05, 3.63) is 65.7 Å². The van der Waals surface area contributed by atoms with E-state index in [1.54, 1.807) is 29.6 Å². The van der Waals surface area contributed by atoms with E-state index < -0.39 is 0 Å². The number of hydrogen-bond donors (Lipinski definition) is 1. The zero-order chi connectivity index (χ0) is 16.8. The first-order valence-electron chi connectivity index (χ1n) is 7.18. The zero-order valence-corrected chi connectivity index (χ0v) is 13.4. The molecule has 3 aromatic rings. The number of benzene rings is 2. The summed E-state index contributed by atoms with van der Waals surface area (Å²) >= 11 is 1.43. The van der Waals surface area contributed by atoms with E-state index in [0.717, 1.165) is 10.6 Å². The van der Waals surface area contributed by atoms with Crippen molar-refractivity contribution in [1.29, 1.82) is 5.26 Å². The average molecular weight is 335 g/mol. The topological polar surface area (TPSA) is 75.0 Å². The van der Waals surface area contributed by atoms with Crippen LogP contribution >= 0.6 is 11.3 Å². The van der Waals surface area contributed by atoms with Gasteiger partial charge in [-0.15, -0.1) is 11.3 Å². The van der Waals surface area contributed by atoms with Gasteiger partial charge in [-0.05, 0) is 24.3 Å². The molecule has 1 N–H and O–H groups in total. The molecule has 0 atom stereocenters. The molecule has 6 heteroatoms. The van der Waals surface area contributed by atoms with Gasteiger partial charge in [0.1, 0.15) is 22.5 Å². The fourth-order valence-electron chi connectivity index (χ4n) is 2.04. The van der Waals surface area contributed by atoms with Crippen molar-refractivity contribution in [2.75, 3.05) is 11.9 Å². The molecule has 1 amide bonds. The quantitative estimate of drug-likeness (QED) is 0.765. The standard InChI is InChI=1S/C18H13N3O2S/c19-10-11-23-15-8-6-14(7-9-15)20-17(22)16-12-24-18(21-16)13-4-2-1-3-5-13/h1-9,12H,11H2,(H,20,22). The highest BCUT2D eigenvalue weighted by molar-refractivity contribution is 7.13. The smallest absolute Gasteiger partial charge is 0.275 e. The first kappa shape index (κ1) is 15.7. The molecule has 0 spiro atoms. The average Bonchev–Trinajstić information content (AvgIpc) is 3.12. The van der Waals surface area contributed by atoms with Gasteiger partial charge in [-0.2, -0.15) is 5.26 Å². The van der Waals surface area contributed by atoms with Gasteiger partial charge in [0, 0.05) is 16.6 Å². The lowest BCUT2D eigenvalue weighted by Gasteiger charge is -2.05. The summed E-state index contributed by atoms with van der Waals surface area (Å²) in [5.41, 5.74) is 2.00. The Morgan fingerprint density at radius 3 is 2.62 bits per heavy atom. The summed E-state index contributed by atoms with van der Waals surface area (Å²) < 4.78 is 5.17. The Morgan fingerprint density at radius 2 is 1.92 bits per heavy atom. The van der Waals surface area contributed by atoms with E-state index in [1.165, 1.54) is 11.3 Å². The molecule has 0 aliphatic heterocycles. The monoisotopic (exact) mass is 335 g/mol. The van der Waals surface area contributed by atoms with Crippen LogP contribution in [0.1, 0.15) is 10.5 Å². The zero-order valence-electron chi connectivity index (χ0n) is 12.6. The van der Waals surface area contributed by atoms with Crippen LogP contribution in [-0.4, -0.2) is 17.5 Å². The third kappa shape index (κ3) is 3.77. The number of nitriles is 1. The minimum absolute atomic E-state index is 0.00715. The fourth-order valence-corrected chi connectivity index (χ4v) is 2.84. The number of rotatable bonds is 5. The van der Waals surface area contributed by atoms with Gasteiger partial charge >= 0.3 is 0 Å². The molecule has 0 saturated carbocycles. The maximum atomic E-state index is 12.3. The van der Waals surface area contributed by atoms with Crippen molar-refractivity contribution in [2.45, 2.75) is 0 Å². The molecule has 0 aliphatic carbocycles. The number of carbonyl (C=O) groups is 1. The molecule has 1 aromatic heterocycles. The molecule has 0 unspecified atom stereocenters. The molecule has 0 radical (unpaired) electrons. The van der Waals surface area contributed by atoms with Gasteiger partial charge in [-0.1, -0.05) is 30.3 Å². The van der Waals surface area contributed by atoms with Crippen LogP contribution < -0.4 is 10.1 Å². The maximum absolute atomic E-state index is 12.3. The first-order valence-corrected chi connectivity index (χ1v) is 8.06. The minimum Gasteiger partial charge on any atom is -0.479 e. The number of anilines is 1. The van der Waals surface area contributed by atoms with Crippen LogP contribution in [0.4, 0.5) is 5.69 Å². The maximum Gasteiger partial charge on any atom is 0.275 e. The second kappa shape index (κ2) is 7.40. The number of amides is 1. The number of hydrogen-bond acceptors (Lipinski definition) is 5. The molecular weight excluding hydrogens is 322 g/mol. The minimum atomic E-state index is -0.265. The predicted molar refractivity (Wildman–Crippen MR) is 93.1 cm³/mol. The number of nitrogens with zero attached hydrogens (tertiary/aromatic N) is 2. The van der Waals surface area contributed by atoms with Crippen molar-refractivity contribution in [1.82, 2.24) is 4.98 Å². The van der Waals surface area contributed by atoms with Gasteiger partial charge in [-0.3, -0.25) is 4.79 Å². The van der Waals surface area contributed by atoms with Crippen LogP contribution in [0.3, 0.4) is 0 Å². The van der Waals surface area contributed by atoms with Crippen molar-refractivity contribution in [2.24, 2.45) is 0 Å². The predicted octanol–water partition coefficient (Wildman–Crippen LogP) is 3.96. The van der Waals surface area contributed by atoms with E-state index in [9.17, 15) is 4.79 Å². The molecule has 24 heavy (non-hydrogen) atoms. The Balaban J connectivity index is 1.67. The first-order chi connectivity index (χ1) is 11.8. The number of ether oxygens (including phenoxy) is 1. The number of aromatic nitrogens is 1. The molecule has 2 aromatic carbocycles. The second-order valence-electron chi connectivity index (χ2n) is 4.83. The molecule has 3 rings (SSSR count). The summed E-state index contributed by atoms with van der Waals surface area (Å²) in [5, 5.41) is 13.8. The fraction of sp³-hybridized carbons (Fsp3) is 0.0556. The third-order valence-electron chi connectivity index (χ3n) is 3.17. The van der Waals surface area contributed by atoms with Crippen LogP contribution in [0.2, 0.25) is 0 Å². The van der Waals surface area contributed by atoms with E-state index >= 15 is 0 Å². The summed E-state index contributed by atoms with van der Waals surface area (Å²) in [6, 6.07) is 18.5. The molecule has 0 fully saturated rings. The van der Waals surface area contributed by atoms with Gasteiger partial charge in [0.15, 0.2) is 6.61 Å². The summed E-state index contributed by atoms with van der Waals surface area (Å²) in [5.74, 6) is 0.314. The van der Waals surface area contributed by atoms with Crippen LogP contribution in [0.15, 0.2) is 60.0 Å². The number of thiazole rings is 1. The highest BCUT2D eigenvalue weighted by Crippen LogP contribution is 2.24. The molecule has 0 aliphatic rings. The molecule has 1 heterocycles. The van der Waals surface area contributed by atoms with E-state index in [4.69, 9.17) is 10.00 Å². The molecule has 0 bridgehead atoms. The molecule has 118 valence electrons. The van der Waals surface area contributed by atoms with Crippen molar-refractivity contribution in [3.63, 3.8) is 0 Å². The van der Waals surface area contributed by atoms with E-state index in [0.29, 0.717) is 17.1 Å². The second-order valence-corrected chi connectivity index (χ2v) is 5.69. The normalized spacial score (nSPS) is 9.96. The Labute approximate surface area is 143 Å². The number of nitrogens with one attached hydrogen (secondary N) is 1. The van der Waals surface area contributed by atoms with Crippen LogP contribution in [-0.2, 0) is 0 Å². The summed E-state index contributed by atoms with van der Waals surface area (Å²) in [7, 11) is 0. The van der Waals surface area contributed by atoms with E-state index in [2.05, 4.69) is 10.3 Å². The molecular formula is C18H13N3O2S. The van der Waals surface area contributed by atoms with E-state index in [-0.39, 0.29) is 12.5 Å². The Morgan fingerprint density at radius 1 is 1.17 bits per heavy atom. The Hall–Kier alpha value is -3.17. The van der Waals surface area contributed by atoms with Gasteiger partial charge in [0.25, 0.3) is 5.91 Å². The van der Waals surface area contributed by atoms with Crippen molar-refractivity contribution >= 4 is 22.9 Å². The van der Waals surface area contributed by atoms with E-state index in [1.807, 2.05) is 36.4 Å². The summed E-state index contributed by atoms with van der Waals surface area (Å²) in [4.78, 5) is 16.7. The van der Waals surface area contributed by atoms with Crippen molar-refractivity contribution in [3.8, 4) is 22.4 Å². The largest absolute Gasteiger partial charge is 0.479 e. The Bertz CT molecular complexity index is 867.